The number of hydrogen-bond acceptors (Lipinski definition) is 4. The summed E-state index contributed by atoms with van der Waals surface area (Å²) in [4.78, 5) is 12.4. The van der Waals surface area contributed by atoms with Crippen molar-refractivity contribution in [2.45, 2.75) is 88.0 Å². The fraction of sp³-hybridized carbons (Fsp3) is 0.591. The molecule has 28 heavy (non-hydrogen) atoms. The van der Waals surface area contributed by atoms with Crippen LogP contribution < -0.4 is 5.32 Å². The van der Waals surface area contributed by atoms with E-state index in [0.29, 0.717) is 6.42 Å². The fourth-order valence-corrected chi connectivity index (χ4v) is 4.44. The monoisotopic (exact) mass is 409 g/mol. The van der Waals surface area contributed by atoms with Gasteiger partial charge in [-0.15, -0.1) is 6.58 Å². The van der Waals surface area contributed by atoms with Crippen molar-refractivity contribution in [3.05, 3.63) is 43.0 Å². The molecule has 1 amide bonds. The summed E-state index contributed by atoms with van der Waals surface area (Å²) < 4.78 is 31.2. The molecule has 1 N–H and O–H groups in total. The van der Waals surface area contributed by atoms with Crippen LogP contribution in [0, 0.1) is 0 Å². The fourth-order valence-electron chi connectivity index (χ4n) is 2.84. The van der Waals surface area contributed by atoms with E-state index in [1.165, 1.54) is 0 Å². The van der Waals surface area contributed by atoms with E-state index in [-0.39, 0.29) is 4.90 Å². The molecule has 1 rings (SSSR count). The highest BCUT2D eigenvalue weighted by Gasteiger charge is 2.30. The zero-order valence-electron chi connectivity index (χ0n) is 17.4. The van der Waals surface area contributed by atoms with Crippen LogP contribution in [0.3, 0.4) is 0 Å². The van der Waals surface area contributed by atoms with Crippen molar-refractivity contribution >= 4 is 15.9 Å². The molecule has 0 aliphatic carbocycles. The summed E-state index contributed by atoms with van der Waals surface area (Å²) in [5, 5.41) is 1.58. The number of ether oxygens (including phenoxy) is 1. The lowest BCUT2D eigenvalue weighted by Crippen LogP contribution is -2.43. The average molecular weight is 410 g/mol. The largest absolute Gasteiger partial charge is 0.444 e. The summed E-state index contributed by atoms with van der Waals surface area (Å²) in [6, 6.07) is 8.24. The van der Waals surface area contributed by atoms with Gasteiger partial charge in [-0.1, -0.05) is 56.4 Å². The molecule has 0 spiro atoms. The van der Waals surface area contributed by atoms with Crippen molar-refractivity contribution in [1.82, 2.24) is 5.32 Å². The van der Waals surface area contributed by atoms with Crippen molar-refractivity contribution in [1.29, 1.82) is 0 Å². The van der Waals surface area contributed by atoms with Gasteiger partial charge >= 0.3 is 6.09 Å². The Bertz CT molecular complexity index is 693. The van der Waals surface area contributed by atoms with Gasteiger partial charge in [0.15, 0.2) is 9.84 Å². The maximum absolute atomic E-state index is 13.0. The molecule has 5 nitrogen and oxygen atoms in total. The van der Waals surface area contributed by atoms with E-state index in [1.54, 1.807) is 51.1 Å². The Labute approximate surface area is 170 Å². The summed E-state index contributed by atoms with van der Waals surface area (Å²) in [5.41, 5.74) is -0.684. The van der Waals surface area contributed by atoms with Gasteiger partial charge in [0, 0.05) is 0 Å². The second kappa shape index (κ2) is 11.9. The van der Waals surface area contributed by atoms with E-state index in [9.17, 15) is 13.2 Å². The van der Waals surface area contributed by atoms with Gasteiger partial charge in [0.1, 0.15) is 11.0 Å². The molecule has 0 aromatic heterocycles. The van der Waals surface area contributed by atoms with Gasteiger partial charge in [-0.2, -0.15) is 0 Å². The molecule has 1 atom stereocenters. The second-order valence-corrected chi connectivity index (χ2v) is 10.1. The van der Waals surface area contributed by atoms with E-state index in [1.807, 2.05) is 6.08 Å². The molecule has 0 aliphatic heterocycles. The quantitative estimate of drug-likeness (QED) is 0.359. The molecule has 0 bridgehead atoms. The summed E-state index contributed by atoms with van der Waals surface area (Å²) in [6.07, 6.45) is 8.79. The highest BCUT2D eigenvalue weighted by molar-refractivity contribution is 7.92. The minimum Gasteiger partial charge on any atom is -0.444 e. The number of allylic oxidation sites excluding steroid dienone is 1. The highest BCUT2D eigenvalue weighted by atomic mass is 32.2. The zero-order valence-corrected chi connectivity index (χ0v) is 18.3. The van der Waals surface area contributed by atoms with Crippen LogP contribution >= 0.6 is 0 Å². The Morgan fingerprint density at radius 1 is 1.07 bits per heavy atom. The standard InChI is InChI=1S/C22H35NO4S/c1-5-6-7-8-9-10-11-15-18-20(23-21(24)27-22(2,3)4)28(25,26)19-16-13-12-14-17-19/h5,12-14,16-17,20H,1,6-11,15,18H2,2-4H3,(H,23,24). The molecular weight excluding hydrogens is 374 g/mol. The topological polar surface area (TPSA) is 72.5 Å². The van der Waals surface area contributed by atoms with Gasteiger partial charge in [-0.05, 0) is 52.2 Å². The van der Waals surface area contributed by atoms with Crippen LogP contribution in [0.4, 0.5) is 4.79 Å². The lowest BCUT2D eigenvalue weighted by Gasteiger charge is -2.24. The number of sulfone groups is 1. The van der Waals surface area contributed by atoms with Gasteiger partial charge in [0.2, 0.25) is 0 Å². The van der Waals surface area contributed by atoms with Crippen LogP contribution in [-0.4, -0.2) is 25.5 Å². The Kier molecular flexibility index (Phi) is 10.3. The number of amides is 1. The normalized spacial score (nSPS) is 13.0. The predicted octanol–water partition coefficient (Wildman–Crippen LogP) is 5.62. The maximum atomic E-state index is 13.0. The maximum Gasteiger partial charge on any atom is 0.408 e. The van der Waals surface area contributed by atoms with Gasteiger partial charge in [-0.25, -0.2) is 13.2 Å². The third kappa shape index (κ3) is 9.40. The van der Waals surface area contributed by atoms with Crippen molar-refractivity contribution in [3.8, 4) is 0 Å². The first-order chi connectivity index (χ1) is 13.2. The minimum absolute atomic E-state index is 0.209. The molecular formula is C22H35NO4S. The highest BCUT2D eigenvalue weighted by Crippen LogP contribution is 2.20. The SMILES string of the molecule is C=CCCCCCCCCC(NC(=O)OC(C)(C)C)S(=O)(=O)c1ccccc1. The Balaban J connectivity index is 2.68. The first-order valence-electron chi connectivity index (χ1n) is 10.1. The van der Waals surface area contributed by atoms with Gasteiger partial charge in [-0.3, -0.25) is 0 Å². The Morgan fingerprint density at radius 3 is 2.21 bits per heavy atom. The van der Waals surface area contributed by atoms with Crippen LogP contribution in [0.2, 0.25) is 0 Å². The van der Waals surface area contributed by atoms with Crippen LogP contribution in [0.25, 0.3) is 0 Å². The van der Waals surface area contributed by atoms with Crippen LogP contribution in [0.5, 0.6) is 0 Å². The van der Waals surface area contributed by atoms with Gasteiger partial charge in [0.25, 0.3) is 0 Å². The van der Waals surface area contributed by atoms with E-state index in [2.05, 4.69) is 11.9 Å². The Hall–Kier alpha value is -1.82. The number of alkyl carbamates (subject to hydrolysis) is 1. The number of carbonyl (C=O) groups is 1. The van der Waals surface area contributed by atoms with E-state index in [4.69, 9.17) is 4.74 Å². The number of nitrogens with one attached hydrogen (secondary N) is 1. The van der Waals surface area contributed by atoms with E-state index < -0.39 is 26.9 Å². The summed E-state index contributed by atoms with van der Waals surface area (Å²) >= 11 is 0. The van der Waals surface area contributed by atoms with Gasteiger partial charge in [0.05, 0.1) is 4.90 Å². The smallest absolute Gasteiger partial charge is 0.408 e. The number of carbonyl (C=O) groups excluding carboxylic acids is 1. The second-order valence-electron chi connectivity index (χ2n) is 7.98. The van der Waals surface area contributed by atoms with Crippen LogP contribution in [0.15, 0.2) is 47.9 Å². The molecule has 0 heterocycles. The molecule has 6 heteroatoms. The molecule has 1 unspecified atom stereocenters. The van der Waals surface area contributed by atoms with Crippen LogP contribution in [-0.2, 0) is 14.6 Å². The number of hydrogen-bond donors (Lipinski definition) is 1. The lowest BCUT2D eigenvalue weighted by molar-refractivity contribution is 0.0517. The first-order valence-corrected chi connectivity index (χ1v) is 11.6. The van der Waals surface area contributed by atoms with E-state index in [0.717, 1.165) is 44.9 Å². The zero-order chi connectivity index (χ0) is 21.0. The van der Waals surface area contributed by atoms with Crippen molar-refractivity contribution in [2.24, 2.45) is 0 Å². The lowest BCUT2D eigenvalue weighted by atomic mass is 10.1. The van der Waals surface area contributed by atoms with Crippen LogP contribution in [0.1, 0.15) is 72.1 Å². The molecule has 0 fully saturated rings. The molecule has 0 radical (unpaired) electrons. The van der Waals surface area contributed by atoms with Crippen molar-refractivity contribution in [3.63, 3.8) is 0 Å². The first kappa shape index (κ1) is 24.2. The number of rotatable bonds is 12. The average Bonchev–Trinajstić information content (AvgIpc) is 2.62. The molecule has 158 valence electrons. The Morgan fingerprint density at radius 2 is 1.64 bits per heavy atom. The molecule has 1 aromatic rings. The molecule has 1 aromatic carbocycles. The van der Waals surface area contributed by atoms with Gasteiger partial charge < -0.3 is 10.1 Å². The van der Waals surface area contributed by atoms with E-state index >= 15 is 0 Å². The summed E-state index contributed by atoms with van der Waals surface area (Å²) in [6.45, 7) is 8.97. The van der Waals surface area contributed by atoms with Crippen molar-refractivity contribution < 1.29 is 17.9 Å². The predicted molar refractivity (Wildman–Crippen MR) is 114 cm³/mol. The molecule has 0 saturated carbocycles. The third-order valence-corrected chi connectivity index (χ3v) is 6.28. The molecule has 0 saturated heterocycles. The summed E-state index contributed by atoms with van der Waals surface area (Å²) in [5.74, 6) is 0. The minimum atomic E-state index is -3.68. The van der Waals surface area contributed by atoms with Crippen molar-refractivity contribution in [2.75, 3.05) is 0 Å². The molecule has 0 aliphatic rings. The number of benzene rings is 1. The third-order valence-electron chi connectivity index (χ3n) is 4.25. The summed E-state index contributed by atoms with van der Waals surface area (Å²) in [7, 11) is -3.68. The number of unbranched alkanes of at least 4 members (excludes halogenated alkanes) is 6.